The third kappa shape index (κ3) is 4.89. The molecule has 158 valence electrons. The Kier molecular flexibility index (Phi) is 8.31. The minimum Gasteiger partial charge on any atom is -0.384 e. The summed E-state index contributed by atoms with van der Waals surface area (Å²) in [5.74, 6) is 0.129. The van der Waals surface area contributed by atoms with Crippen molar-refractivity contribution < 1.29 is 14.3 Å². The number of nitrogens with one attached hydrogen (secondary N) is 1. The van der Waals surface area contributed by atoms with Crippen LogP contribution in [0, 0.1) is 0 Å². The molecule has 1 aromatic carbocycles. The standard InChI is InChI=1S/C20H30BrN3O3.ClH/c1-14-9-23(16(8-22-14)11-26-3)10-19(25)24-12-20(2,13-27-4)17-6-5-15(21)7-18(17)24;/h5-7,14,16,22H,8-13H2,1-4H3;1H/t14-,16-,20-;/m1./s1. The van der Waals surface area contributed by atoms with E-state index in [1.54, 1.807) is 14.2 Å². The van der Waals surface area contributed by atoms with Gasteiger partial charge in [0.2, 0.25) is 5.91 Å². The second-order valence-electron chi connectivity index (χ2n) is 7.98. The largest absolute Gasteiger partial charge is 0.384 e. The quantitative estimate of drug-likeness (QED) is 0.683. The van der Waals surface area contributed by atoms with Gasteiger partial charge in [0.05, 0.1) is 19.8 Å². The first kappa shape index (κ1) is 23.6. The van der Waals surface area contributed by atoms with E-state index >= 15 is 0 Å². The van der Waals surface area contributed by atoms with Crippen molar-refractivity contribution in [1.82, 2.24) is 10.2 Å². The van der Waals surface area contributed by atoms with Crippen molar-refractivity contribution in [3.63, 3.8) is 0 Å². The van der Waals surface area contributed by atoms with Crippen molar-refractivity contribution in [1.29, 1.82) is 0 Å². The molecular weight excluding hydrogens is 446 g/mol. The Bertz CT molecular complexity index is 693. The smallest absolute Gasteiger partial charge is 0.241 e. The fourth-order valence-electron chi connectivity index (χ4n) is 4.26. The molecule has 2 aliphatic rings. The lowest BCUT2D eigenvalue weighted by atomic mass is 9.85. The Morgan fingerprint density at radius 1 is 1.36 bits per heavy atom. The highest BCUT2D eigenvalue weighted by atomic mass is 79.9. The predicted octanol–water partition coefficient (Wildman–Crippen LogP) is 2.43. The Morgan fingerprint density at radius 3 is 2.79 bits per heavy atom. The Hall–Kier alpha value is -0.700. The zero-order valence-electron chi connectivity index (χ0n) is 17.0. The second kappa shape index (κ2) is 9.87. The van der Waals surface area contributed by atoms with Crippen LogP contribution in [0.1, 0.15) is 19.4 Å². The summed E-state index contributed by atoms with van der Waals surface area (Å²) in [5, 5.41) is 3.47. The van der Waals surface area contributed by atoms with Crippen LogP contribution in [0.3, 0.4) is 0 Å². The van der Waals surface area contributed by atoms with Gasteiger partial charge in [-0.05, 0) is 24.6 Å². The number of hydrogen-bond acceptors (Lipinski definition) is 5. The molecule has 0 aromatic heterocycles. The summed E-state index contributed by atoms with van der Waals surface area (Å²) < 4.78 is 11.8. The maximum absolute atomic E-state index is 13.3. The Balaban J connectivity index is 0.00000280. The summed E-state index contributed by atoms with van der Waals surface area (Å²) in [6.07, 6.45) is 0. The number of halogens is 2. The fourth-order valence-corrected chi connectivity index (χ4v) is 4.61. The van der Waals surface area contributed by atoms with E-state index < -0.39 is 0 Å². The molecule has 2 heterocycles. The van der Waals surface area contributed by atoms with Crippen molar-refractivity contribution >= 4 is 39.9 Å². The lowest BCUT2D eigenvalue weighted by molar-refractivity contribution is -0.121. The van der Waals surface area contributed by atoms with Gasteiger partial charge in [-0.3, -0.25) is 9.69 Å². The summed E-state index contributed by atoms with van der Waals surface area (Å²) in [6.45, 7) is 8.24. The number of rotatable bonds is 6. The number of hydrogen-bond donors (Lipinski definition) is 1. The highest BCUT2D eigenvalue weighted by Gasteiger charge is 2.42. The highest BCUT2D eigenvalue weighted by Crippen LogP contribution is 2.42. The van der Waals surface area contributed by atoms with Crippen LogP contribution in [-0.2, 0) is 19.7 Å². The van der Waals surface area contributed by atoms with Gasteiger partial charge in [0.15, 0.2) is 0 Å². The van der Waals surface area contributed by atoms with Gasteiger partial charge in [-0.1, -0.05) is 28.9 Å². The van der Waals surface area contributed by atoms with E-state index in [1.165, 1.54) is 5.56 Å². The molecule has 1 N–H and O–H groups in total. The molecule has 0 aliphatic carbocycles. The number of nitrogens with zero attached hydrogens (tertiary/aromatic N) is 2. The minimum atomic E-state index is -0.191. The van der Waals surface area contributed by atoms with Gasteiger partial charge in [-0.15, -0.1) is 12.4 Å². The molecule has 28 heavy (non-hydrogen) atoms. The van der Waals surface area contributed by atoms with Crippen LogP contribution in [0.5, 0.6) is 0 Å². The van der Waals surface area contributed by atoms with Gasteiger partial charge in [-0.2, -0.15) is 0 Å². The number of anilines is 1. The van der Waals surface area contributed by atoms with E-state index in [9.17, 15) is 4.79 Å². The molecule has 1 aromatic rings. The van der Waals surface area contributed by atoms with E-state index in [-0.39, 0.29) is 29.8 Å². The summed E-state index contributed by atoms with van der Waals surface area (Å²) in [7, 11) is 3.42. The van der Waals surface area contributed by atoms with E-state index in [2.05, 4.69) is 46.1 Å². The molecule has 0 spiro atoms. The number of fused-ring (bicyclic) bond motifs is 1. The minimum absolute atomic E-state index is 0. The van der Waals surface area contributed by atoms with Crippen molar-refractivity contribution in [3.05, 3.63) is 28.2 Å². The molecule has 1 fully saturated rings. The first-order chi connectivity index (χ1) is 12.9. The molecule has 1 saturated heterocycles. The van der Waals surface area contributed by atoms with Crippen LogP contribution in [0.2, 0.25) is 0 Å². The molecule has 1 amide bonds. The number of ether oxygens (including phenoxy) is 2. The van der Waals surface area contributed by atoms with Gasteiger partial charge in [0.1, 0.15) is 0 Å². The van der Waals surface area contributed by atoms with Crippen molar-refractivity contribution in [3.8, 4) is 0 Å². The second-order valence-corrected chi connectivity index (χ2v) is 8.90. The van der Waals surface area contributed by atoms with Gasteiger partial charge in [0.25, 0.3) is 0 Å². The Labute approximate surface area is 182 Å². The number of piperazine rings is 1. The van der Waals surface area contributed by atoms with Crippen molar-refractivity contribution in [2.24, 2.45) is 0 Å². The average molecular weight is 477 g/mol. The van der Waals surface area contributed by atoms with E-state index in [0.717, 1.165) is 23.2 Å². The predicted molar refractivity (Wildman–Crippen MR) is 118 cm³/mol. The average Bonchev–Trinajstić information content (AvgIpc) is 2.90. The van der Waals surface area contributed by atoms with Crippen LogP contribution in [0.15, 0.2) is 22.7 Å². The molecule has 2 aliphatic heterocycles. The Morgan fingerprint density at radius 2 is 2.11 bits per heavy atom. The summed E-state index contributed by atoms with van der Waals surface area (Å²) in [4.78, 5) is 17.5. The number of benzene rings is 1. The van der Waals surface area contributed by atoms with E-state index in [1.807, 2.05) is 17.0 Å². The number of carbonyl (C=O) groups excluding carboxylic acids is 1. The van der Waals surface area contributed by atoms with Gasteiger partial charge in [0, 0.05) is 61.5 Å². The van der Waals surface area contributed by atoms with Crippen LogP contribution < -0.4 is 10.2 Å². The summed E-state index contributed by atoms with van der Waals surface area (Å²) >= 11 is 3.55. The molecule has 3 rings (SSSR count). The van der Waals surface area contributed by atoms with Gasteiger partial charge in [-0.25, -0.2) is 0 Å². The van der Waals surface area contributed by atoms with Crippen molar-refractivity contribution in [2.75, 3.05) is 58.5 Å². The monoisotopic (exact) mass is 475 g/mol. The maximum atomic E-state index is 13.3. The van der Waals surface area contributed by atoms with Gasteiger partial charge < -0.3 is 19.7 Å². The first-order valence-corrected chi connectivity index (χ1v) is 10.2. The lowest BCUT2D eigenvalue weighted by Crippen LogP contribution is -2.59. The fraction of sp³-hybridized carbons (Fsp3) is 0.650. The highest BCUT2D eigenvalue weighted by molar-refractivity contribution is 9.10. The van der Waals surface area contributed by atoms with Crippen molar-refractivity contribution in [2.45, 2.75) is 31.3 Å². The molecule has 0 saturated carbocycles. The van der Waals surface area contributed by atoms with Crippen LogP contribution in [0.4, 0.5) is 5.69 Å². The number of amides is 1. The van der Waals surface area contributed by atoms with Crippen LogP contribution in [-0.4, -0.2) is 76.5 Å². The van der Waals surface area contributed by atoms with Crippen LogP contribution >= 0.6 is 28.3 Å². The zero-order valence-corrected chi connectivity index (χ0v) is 19.4. The molecule has 0 radical (unpaired) electrons. The maximum Gasteiger partial charge on any atom is 0.241 e. The SMILES string of the molecule is COC[C@H]1CN[C@H](C)CN1CC(=O)N1C[C@](C)(COC)c2ccc(Br)cc21.Cl. The normalized spacial score (nSPS) is 27.4. The first-order valence-electron chi connectivity index (χ1n) is 9.43. The van der Waals surface area contributed by atoms with Crippen LogP contribution in [0.25, 0.3) is 0 Å². The molecule has 3 atom stereocenters. The summed E-state index contributed by atoms with van der Waals surface area (Å²) in [6, 6.07) is 6.76. The molecular formula is C20H31BrClN3O3. The zero-order chi connectivity index (χ0) is 19.6. The van der Waals surface area contributed by atoms with Gasteiger partial charge >= 0.3 is 0 Å². The molecule has 8 heteroatoms. The molecule has 0 unspecified atom stereocenters. The van der Waals surface area contributed by atoms with E-state index in [4.69, 9.17) is 9.47 Å². The van der Waals surface area contributed by atoms with E-state index in [0.29, 0.717) is 32.3 Å². The topological polar surface area (TPSA) is 54.0 Å². The number of methoxy groups -OCH3 is 2. The summed E-state index contributed by atoms with van der Waals surface area (Å²) in [5.41, 5.74) is 1.96. The molecule has 6 nitrogen and oxygen atoms in total. The number of carbonyl (C=O) groups is 1. The third-order valence-electron chi connectivity index (χ3n) is 5.60. The molecule has 0 bridgehead atoms. The lowest BCUT2D eigenvalue weighted by Gasteiger charge is -2.39. The third-order valence-corrected chi connectivity index (χ3v) is 6.09.